The monoisotopic (exact) mass is 291 g/mol. The van der Waals surface area contributed by atoms with Crippen LogP contribution in [0.4, 0.5) is 0 Å². The second kappa shape index (κ2) is 6.44. The van der Waals surface area contributed by atoms with Gasteiger partial charge in [0.25, 0.3) is 0 Å². The molecule has 0 saturated heterocycles. The van der Waals surface area contributed by atoms with Crippen molar-refractivity contribution < 1.29 is 9.53 Å². The highest BCUT2D eigenvalue weighted by Crippen LogP contribution is 2.23. The van der Waals surface area contributed by atoms with E-state index in [2.05, 4.69) is 18.2 Å². The minimum absolute atomic E-state index is 0.220. The summed E-state index contributed by atoms with van der Waals surface area (Å²) in [5.41, 5.74) is 5.30. The maximum atomic E-state index is 11.9. The summed E-state index contributed by atoms with van der Waals surface area (Å²) in [7, 11) is 0. The molecule has 0 heterocycles. The third-order valence-corrected chi connectivity index (χ3v) is 3.99. The van der Waals surface area contributed by atoms with Gasteiger partial charge in [0, 0.05) is 0 Å². The highest BCUT2D eigenvalue weighted by molar-refractivity contribution is 5.72. The van der Waals surface area contributed by atoms with E-state index in [-0.39, 0.29) is 12.6 Å². The van der Waals surface area contributed by atoms with Crippen molar-refractivity contribution in [3.05, 3.63) is 70.3 Å². The molecule has 0 saturated carbocycles. The number of hydrogen-bond donors (Lipinski definition) is 0. The van der Waals surface area contributed by atoms with Crippen LogP contribution in [0.1, 0.15) is 34.2 Å². The van der Waals surface area contributed by atoms with E-state index in [1.54, 1.807) is 24.3 Å². The van der Waals surface area contributed by atoms with E-state index in [1.807, 2.05) is 6.07 Å². The van der Waals surface area contributed by atoms with Gasteiger partial charge in [-0.3, -0.25) is 4.79 Å². The molecule has 2 aromatic carbocycles. The third kappa shape index (κ3) is 3.35. The number of benzene rings is 2. The lowest BCUT2D eigenvalue weighted by Gasteiger charge is -2.07. The van der Waals surface area contributed by atoms with Crippen molar-refractivity contribution >= 4 is 5.97 Å². The van der Waals surface area contributed by atoms with Crippen molar-refractivity contribution in [1.29, 1.82) is 5.26 Å². The Morgan fingerprint density at radius 3 is 2.55 bits per heavy atom. The number of carbonyl (C=O) groups is 1. The van der Waals surface area contributed by atoms with Gasteiger partial charge >= 0.3 is 5.97 Å². The standard InChI is InChI=1S/C19H17NO2/c20-12-14-4-6-15(7-5-14)13-22-19(21)11-16-8-9-17-2-1-3-18(17)10-16/h4-10H,1-3,11,13H2. The Labute approximate surface area is 130 Å². The Kier molecular flexibility index (Phi) is 4.20. The average Bonchev–Trinajstić information content (AvgIpc) is 3.01. The zero-order valence-corrected chi connectivity index (χ0v) is 12.3. The first-order chi connectivity index (χ1) is 10.7. The van der Waals surface area contributed by atoms with E-state index in [0.29, 0.717) is 12.0 Å². The molecule has 0 atom stereocenters. The molecule has 0 fully saturated rings. The predicted molar refractivity (Wildman–Crippen MR) is 83.1 cm³/mol. The Balaban J connectivity index is 1.55. The van der Waals surface area contributed by atoms with Gasteiger partial charge in [-0.25, -0.2) is 0 Å². The van der Waals surface area contributed by atoms with Gasteiger partial charge in [-0.05, 0) is 53.6 Å². The van der Waals surface area contributed by atoms with E-state index in [9.17, 15) is 4.79 Å². The van der Waals surface area contributed by atoms with Crippen molar-refractivity contribution in [2.45, 2.75) is 32.3 Å². The number of ether oxygens (including phenoxy) is 1. The first kappa shape index (κ1) is 14.3. The molecule has 3 nitrogen and oxygen atoms in total. The van der Waals surface area contributed by atoms with Crippen LogP contribution < -0.4 is 0 Å². The first-order valence-electron chi connectivity index (χ1n) is 7.50. The zero-order valence-electron chi connectivity index (χ0n) is 12.3. The smallest absolute Gasteiger partial charge is 0.310 e. The lowest BCUT2D eigenvalue weighted by atomic mass is 10.0. The number of rotatable bonds is 4. The molecule has 0 bridgehead atoms. The molecular formula is C19H17NO2. The fraction of sp³-hybridized carbons (Fsp3) is 0.263. The number of hydrogen-bond acceptors (Lipinski definition) is 3. The lowest BCUT2D eigenvalue weighted by molar-refractivity contribution is -0.144. The van der Waals surface area contributed by atoms with E-state index < -0.39 is 0 Å². The molecule has 0 N–H and O–H groups in total. The fourth-order valence-electron chi connectivity index (χ4n) is 2.79. The summed E-state index contributed by atoms with van der Waals surface area (Å²) in [5, 5.41) is 8.74. The second-order valence-electron chi connectivity index (χ2n) is 5.60. The quantitative estimate of drug-likeness (QED) is 0.812. The Bertz CT molecular complexity index is 726. The van der Waals surface area contributed by atoms with Gasteiger partial charge in [0.2, 0.25) is 0 Å². The number of fused-ring (bicyclic) bond motifs is 1. The van der Waals surface area contributed by atoms with Crippen LogP contribution in [-0.4, -0.2) is 5.97 Å². The van der Waals surface area contributed by atoms with E-state index >= 15 is 0 Å². The van der Waals surface area contributed by atoms with E-state index in [0.717, 1.165) is 24.0 Å². The molecule has 2 aromatic rings. The van der Waals surface area contributed by atoms with Gasteiger partial charge in [-0.2, -0.15) is 5.26 Å². The first-order valence-corrected chi connectivity index (χ1v) is 7.50. The minimum Gasteiger partial charge on any atom is -0.461 e. The average molecular weight is 291 g/mol. The lowest BCUT2D eigenvalue weighted by Crippen LogP contribution is -2.08. The normalized spacial score (nSPS) is 12.5. The minimum atomic E-state index is -0.220. The van der Waals surface area contributed by atoms with Crippen LogP contribution in [0.3, 0.4) is 0 Å². The maximum Gasteiger partial charge on any atom is 0.310 e. The summed E-state index contributed by atoms with van der Waals surface area (Å²) < 4.78 is 5.30. The summed E-state index contributed by atoms with van der Waals surface area (Å²) in [6, 6.07) is 15.4. The van der Waals surface area contributed by atoms with Gasteiger partial charge < -0.3 is 4.74 Å². The molecule has 0 aliphatic heterocycles. The van der Waals surface area contributed by atoms with Gasteiger partial charge in [0.1, 0.15) is 6.61 Å². The highest BCUT2D eigenvalue weighted by atomic mass is 16.5. The summed E-state index contributed by atoms with van der Waals surface area (Å²) in [6.45, 7) is 0.246. The Hall–Kier alpha value is -2.60. The number of nitriles is 1. The molecule has 3 rings (SSSR count). The van der Waals surface area contributed by atoms with Gasteiger partial charge in [0.15, 0.2) is 0 Å². The van der Waals surface area contributed by atoms with E-state index in [1.165, 1.54) is 17.5 Å². The van der Waals surface area contributed by atoms with Crippen LogP contribution >= 0.6 is 0 Å². The Morgan fingerprint density at radius 2 is 1.77 bits per heavy atom. The SMILES string of the molecule is N#Cc1ccc(COC(=O)Cc2ccc3c(c2)CCC3)cc1. The molecular weight excluding hydrogens is 274 g/mol. The topological polar surface area (TPSA) is 50.1 Å². The van der Waals surface area contributed by atoms with Crippen molar-refractivity contribution in [1.82, 2.24) is 0 Å². The van der Waals surface area contributed by atoms with Crippen molar-refractivity contribution in [3.63, 3.8) is 0 Å². The molecule has 0 radical (unpaired) electrons. The highest BCUT2D eigenvalue weighted by Gasteiger charge is 2.12. The predicted octanol–water partition coefficient (Wildman–Crippen LogP) is 3.33. The molecule has 1 aliphatic rings. The zero-order chi connectivity index (χ0) is 15.4. The number of nitrogens with zero attached hydrogens (tertiary/aromatic N) is 1. The fourth-order valence-corrected chi connectivity index (χ4v) is 2.79. The Morgan fingerprint density at radius 1 is 1.05 bits per heavy atom. The molecule has 110 valence electrons. The second-order valence-corrected chi connectivity index (χ2v) is 5.60. The summed E-state index contributed by atoms with van der Waals surface area (Å²) in [6.07, 6.45) is 3.79. The van der Waals surface area contributed by atoms with Crippen LogP contribution in [-0.2, 0) is 35.4 Å². The molecule has 0 unspecified atom stereocenters. The number of esters is 1. The van der Waals surface area contributed by atoms with Crippen LogP contribution in [0.5, 0.6) is 0 Å². The van der Waals surface area contributed by atoms with Crippen LogP contribution in [0.2, 0.25) is 0 Å². The summed E-state index contributed by atoms with van der Waals surface area (Å²) >= 11 is 0. The van der Waals surface area contributed by atoms with Gasteiger partial charge in [-0.1, -0.05) is 30.3 Å². The van der Waals surface area contributed by atoms with Crippen LogP contribution in [0.15, 0.2) is 42.5 Å². The largest absolute Gasteiger partial charge is 0.461 e. The number of aryl methyl sites for hydroxylation is 2. The molecule has 22 heavy (non-hydrogen) atoms. The van der Waals surface area contributed by atoms with Crippen molar-refractivity contribution in [2.24, 2.45) is 0 Å². The van der Waals surface area contributed by atoms with Crippen molar-refractivity contribution in [2.75, 3.05) is 0 Å². The van der Waals surface area contributed by atoms with Crippen molar-refractivity contribution in [3.8, 4) is 6.07 Å². The molecule has 0 spiro atoms. The third-order valence-electron chi connectivity index (χ3n) is 3.99. The van der Waals surface area contributed by atoms with Crippen LogP contribution in [0.25, 0.3) is 0 Å². The van der Waals surface area contributed by atoms with E-state index in [4.69, 9.17) is 10.00 Å². The number of carbonyl (C=O) groups excluding carboxylic acids is 1. The molecule has 3 heteroatoms. The van der Waals surface area contributed by atoms with Gasteiger partial charge in [0.05, 0.1) is 18.1 Å². The van der Waals surface area contributed by atoms with Gasteiger partial charge in [-0.15, -0.1) is 0 Å². The van der Waals surface area contributed by atoms with Crippen LogP contribution in [0, 0.1) is 11.3 Å². The molecule has 0 amide bonds. The summed E-state index contributed by atoms with van der Waals surface area (Å²) in [5.74, 6) is -0.220. The molecule has 1 aliphatic carbocycles. The summed E-state index contributed by atoms with van der Waals surface area (Å²) in [4.78, 5) is 11.9. The maximum absolute atomic E-state index is 11.9. The molecule has 0 aromatic heterocycles.